The van der Waals surface area contributed by atoms with Gasteiger partial charge in [0.05, 0.1) is 0 Å². The fourth-order valence-corrected chi connectivity index (χ4v) is 6.82. The standard InChI is InChI=1S/C21H30N2O5S/c1-3-12-10-16-13(11-18(12)28-29(23,25)26)4-5-15-14(16)8-9-21(2)17(15)6-7-19(21)27-20(22)24/h10-11,14-15,17,19H,3-9H2,1-2H3,(H2,22,24)(H2,23,25,26)/t14-,15+,17-,19-,21-/m0/s1. The van der Waals surface area contributed by atoms with Gasteiger partial charge in [-0.25, -0.2) is 4.79 Å². The summed E-state index contributed by atoms with van der Waals surface area (Å²) in [6, 6.07) is 4.00. The van der Waals surface area contributed by atoms with E-state index in [9.17, 15) is 13.2 Å². The minimum atomic E-state index is -4.05. The molecule has 3 aliphatic carbocycles. The zero-order valence-electron chi connectivity index (χ0n) is 17.0. The summed E-state index contributed by atoms with van der Waals surface area (Å²) >= 11 is 0. The molecule has 29 heavy (non-hydrogen) atoms. The van der Waals surface area contributed by atoms with E-state index in [1.165, 1.54) is 5.56 Å². The molecule has 3 aliphatic rings. The largest absolute Gasteiger partial charge is 0.446 e. The summed E-state index contributed by atoms with van der Waals surface area (Å²) < 4.78 is 33.4. The van der Waals surface area contributed by atoms with Crippen LogP contribution in [0.25, 0.3) is 0 Å². The highest BCUT2D eigenvalue weighted by atomic mass is 32.2. The summed E-state index contributed by atoms with van der Waals surface area (Å²) in [6.45, 7) is 4.24. The van der Waals surface area contributed by atoms with Crippen LogP contribution in [0.3, 0.4) is 0 Å². The lowest BCUT2D eigenvalue weighted by molar-refractivity contribution is -0.0291. The molecule has 2 saturated carbocycles. The zero-order valence-corrected chi connectivity index (χ0v) is 17.8. The SMILES string of the molecule is CCc1cc2c(cc1OS(N)(=O)=O)CC[C@@H]1[C@@H]2CC[C@]2(C)[C@@H](OC(N)=O)CC[C@@H]12. The molecule has 7 nitrogen and oxygen atoms in total. The average molecular weight is 423 g/mol. The lowest BCUT2D eigenvalue weighted by atomic mass is 9.55. The lowest BCUT2D eigenvalue weighted by Crippen LogP contribution is -2.45. The van der Waals surface area contributed by atoms with Crippen LogP contribution in [0.15, 0.2) is 12.1 Å². The second kappa shape index (κ2) is 7.16. The molecule has 4 N–H and O–H groups in total. The van der Waals surface area contributed by atoms with E-state index in [0.717, 1.165) is 49.7 Å². The molecule has 0 aliphatic heterocycles. The van der Waals surface area contributed by atoms with Gasteiger partial charge < -0.3 is 14.7 Å². The third kappa shape index (κ3) is 3.61. The van der Waals surface area contributed by atoms with E-state index in [4.69, 9.17) is 19.8 Å². The molecule has 1 amide bonds. The van der Waals surface area contributed by atoms with Gasteiger partial charge in [-0.3, -0.25) is 0 Å². The van der Waals surface area contributed by atoms with Crippen molar-refractivity contribution in [2.24, 2.45) is 28.1 Å². The molecule has 2 fully saturated rings. The zero-order chi connectivity index (χ0) is 21.0. The van der Waals surface area contributed by atoms with E-state index in [1.807, 2.05) is 13.0 Å². The Balaban J connectivity index is 1.65. The van der Waals surface area contributed by atoms with Crippen molar-refractivity contribution >= 4 is 16.4 Å². The first-order chi connectivity index (χ1) is 13.6. The summed E-state index contributed by atoms with van der Waals surface area (Å²) in [5, 5.41) is 5.10. The van der Waals surface area contributed by atoms with Crippen molar-refractivity contribution in [3.8, 4) is 5.75 Å². The van der Waals surface area contributed by atoms with E-state index >= 15 is 0 Å². The lowest BCUT2D eigenvalue weighted by Gasteiger charge is -2.50. The maximum Gasteiger partial charge on any atom is 0.404 e. The van der Waals surface area contributed by atoms with Crippen LogP contribution in [-0.4, -0.2) is 20.6 Å². The monoisotopic (exact) mass is 422 g/mol. The second-order valence-corrected chi connectivity index (χ2v) is 10.2. The van der Waals surface area contributed by atoms with Crippen molar-refractivity contribution in [1.82, 2.24) is 0 Å². The van der Waals surface area contributed by atoms with Crippen molar-refractivity contribution < 1.29 is 22.1 Å². The van der Waals surface area contributed by atoms with Gasteiger partial charge in [0.2, 0.25) is 0 Å². The molecule has 0 heterocycles. The van der Waals surface area contributed by atoms with Gasteiger partial charge in [-0.1, -0.05) is 19.9 Å². The van der Waals surface area contributed by atoms with Gasteiger partial charge in [0.15, 0.2) is 0 Å². The molecule has 0 spiro atoms. The van der Waals surface area contributed by atoms with Crippen molar-refractivity contribution in [3.63, 3.8) is 0 Å². The quantitative estimate of drug-likeness (QED) is 0.772. The normalized spacial score (nSPS) is 33.3. The molecular weight excluding hydrogens is 392 g/mol. The van der Waals surface area contributed by atoms with Crippen LogP contribution in [0.2, 0.25) is 0 Å². The smallest absolute Gasteiger partial charge is 0.404 e. The Morgan fingerprint density at radius 1 is 1.24 bits per heavy atom. The van der Waals surface area contributed by atoms with Crippen molar-refractivity contribution in [3.05, 3.63) is 28.8 Å². The van der Waals surface area contributed by atoms with Crippen LogP contribution in [0.1, 0.15) is 68.6 Å². The molecule has 4 rings (SSSR count). The minimum absolute atomic E-state index is 0.0159. The summed E-state index contributed by atoms with van der Waals surface area (Å²) in [6.07, 6.45) is 5.78. The fourth-order valence-electron chi connectivity index (χ4n) is 6.41. The number of rotatable bonds is 4. The van der Waals surface area contributed by atoms with Gasteiger partial charge in [0, 0.05) is 5.41 Å². The molecule has 0 unspecified atom stereocenters. The van der Waals surface area contributed by atoms with Crippen LogP contribution < -0.4 is 15.1 Å². The molecule has 0 radical (unpaired) electrons. The fraction of sp³-hybridized carbons (Fsp3) is 0.667. The van der Waals surface area contributed by atoms with Crippen molar-refractivity contribution in [2.45, 2.75) is 70.8 Å². The Kier molecular flexibility index (Phi) is 5.06. The van der Waals surface area contributed by atoms with Crippen LogP contribution >= 0.6 is 0 Å². The van der Waals surface area contributed by atoms with Crippen LogP contribution in [0.5, 0.6) is 5.75 Å². The molecule has 1 aromatic carbocycles. The number of hydrogen-bond acceptors (Lipinski definition) is 5. The number of hydrogen-bond donors (Lipinski definition) is 2. The number of nitrogens with two attached hydrogens (primary N) is 2. The molecular formula is C21H30N2O5S. The third-order valence-electron chi connectivity index (χ3n) is 7.66. The molecule has 160 valence electrons. The number of aryl methyl sites for hydroxylation is 2. The van der Waals surface area contributed by atoms with E-state index in [0.29, 0.717) is 29.9 Å². The van der Waals surface area contributed by atoms with Gasteiger partial charge in [0.25, 0.3) is 0 Å². The third-order valence-corrected chi connectivity index (χ3v) is 8.08. The number of primary amides is 1. The number of fused-ring (bicyclic) bond motifs is 5. The van der Waals surface area contributed by atoms with Gasteiger partial charge in [0.1, 0.15) is 11.9 Å². The Morgan fingerprint density at radius 2 is 2.00 bits per heavy atom. The molecule has 0 saturated heterocycles. The highest BCUT2D eigenvalue weighted by Crippen LogP contribution is 2.61. The number of carbonyl (C=O) groups excluding carboxylic acids is 1. The highest BCUT2D eigenvalue weighted by Gasteiger charge is 2.56. The maximum absolute atomic E-state index is 11.4. The van der Waals surface area contributed by atoms with Gasteiger partial charge in [-0.2, -0.15) is 13.6 Å². The van der Waals surface area contributed by atoms with Gasteiger partial charge in [-0.15, -0.1) is 0 Å². The number of carbonyl (C=O) groups is 1. The first-order valence-corrected chi connectivity index (χ1v) is 11.9. The van der Waals surface area contributed by atoms with E-state index < -0.39 is 16.4 Å². The molecule has 0 aromatic heterocycles. The van der Waals surface area contributed by atoms with Crippen molar-refractivity contribution in [1.29, 1.82) is 0 Å². The van der Waals surface area contributed by atoms with Crippen LogP contribution in [-0.2, 0) is 27.9 Å². The molecule has 5 atom stereocenters. The maximum atomic E-state index is 11.4. The Labute approximate surface area is 172 Å². The highest BCUT2D eigenvalue weighted by molar-refractivity contribution is 7.84. The summed E-state index contributed by atoms with van der Waals surface area (Å²) in [7, 11) is -4.05. The first kappa shape index (κ1) is 20.5. The van der Waals surface area contributed by atoms with E-state index in [2.05, 4.69) is 13.0 Å². The van der Waals surface area contributed by atoms with Crippen molar-refractivity contribution in [2.75, 3.05) is 0 Å². The number of amides is 1. The van der Waals surface area contributed by atoms with Gasteiger partial charge >= 0.3 is 16.4 Å². The Morgan fingerprint density at radius 3 is 2.66 bits per heavy atom. The molecule has 1 aromatic rings. The summed E-state index contributed by atoms with van der Waals surface area (Å²) in [5.74, 6) is 1.84. The summed E-state index contributed by atoms with van der Waals surface area (Å²) in [4.78, 5) is 11.4. The Bertz CT molecular complexity index is 931. The summed E-state index contributed by atoms with van der Waals surface area (Å²) in [5.41, 5.74) is 8.65. The predicted octanol–water partition coefficient (Wildman–Crippen LogP) is 3.15. The molecule has 0 bridgehead atoms. The molecule has 8 heteroatoms. The second-order valence-electron chi connectivity index (χ2n) is 9.05. The minimum Gasteiger partial charge on any atom is -0.446 e. The van der Waals surface area contributed by atoms with Crippen LogP contribution in [0.4, 0.5) is 4.79 Å². The predicted molar refractivity (Wildman–Crippen MR) is 109 cm³/mol. The van der Waals surface area contributed by atoms with E-state index in [1.54, 1.807) is 0 Å². The average Bonchev–Trinajstić information content (AvgIpc) is 2.95. The van der Waals surface area contributed by atoms with Crippen LogP contribution in [0, 0.1) is 17.3 Å². The van der Waals surface area contributed by atoms with Gasteiger partial charge in [-0.05, 0) is 85.5 Å². The Hall–Kier alpha value is -1.80. The van der Waals surface area contributed by atoms with E-state index in [-0.39, 0.29) is 11.5 Å². The number of benzene rings is 1. The first-order valence-electron chi connectivity index (χ1n) is 10.5. The topological polar surface area (TPSA) is 122 Å². The number of ether oxygens (including phenoxy) is 1.